The van der Waals surface area contributed by atoms with E-state index in [0.29, 0.717) is 22.1 Å². The summed E-state index contributed by atoms with van der Waals surface area (Å²) in [7, 11) is 1.92. The normalized spacial score (nSPS) is 11.0. The van der Waals surface area contributed by atoms with Crippen LogP contribution in [0.2, 0.25) is 5.02 Å². The summed E-state index contributed by atoms with van der Waals surface area (Å²) < 4.78 is 14.3. The van der Waals surface area contributed by atoms with Crippen molar-refractivity contribution in [2.75, 3.05) is 18.9 Å². The van der Waals surface area contributed by atoms with Gasteiger partial charge in [0.05, 0.1) is 28.4 Å². The molecule has 0 aliphatic rings. The number of anilines is 2. The molecule has 0 spiro atoms. The van der Waals surface area contributed by atoms with Crippen molar-refractivity contribution in [3.8, 4) is 0 Å². The topological polar surface area (TPSA) is 27.6 Å². The second-order valence-corrected chi connectivity index (χ2v) is 5.45. The van der Waals surface area contributed by atoms with Crippen molar-refractivity contribution >= 4 is 35.0 Å². The van der Waals surface area contributed by atoms with E-state index in [-0.39, 0.29) is 5.82 Å². The summed E-state index contributed by atoms with van der Waals surface area (Å²) in [6.45, 7) is 4.77. The number of nitrogens with one attached hydrogen (secondary N) is 1. The first-order chi connectivity index (χ1) is 10.5. The van der Waals surface area contributed by atoms with Crippen molar-refractivity contribution in [3.63, 3.8) is 0 Å². The fourth-order valence-electron chi connectivity index (χ4n) is 1.86. The van der Waals surface area contributed by atoms with Crippen LogP contribution >= 0.6 is 11.6 Å². The van der Waals surface area contributed by atoms with Gasteiger partial charge in [-0.2, -0.15) is 0 Å². The number of aliphatic imine (C=N–C) groups is 1. The van der Waals surface area contributed by atoms with Crippen molar-refractivity contribution in [2.45, 2.75) is 13.8 Å². The van der Waals surface area contributed by atoms with Gasteiger partial charge in [0.25, 0.3) is 0 Å². The van der Waals surface area contributed by atoms with E-state index in [1.165, 1.54) is 6.07 Å². The Balaban J connectivity index is 2.27. The molecule has 2 aromatic rings. The molecule has 0 saturated heterocycles. The van der Waals surface area contributed by atoms with Crippen molar-refractivity contribution in [2.24, 2.45) is 4.99 Å². The Morgan fingerprint density at radius 3 is 2.68 bits per heavy atom. The molecule has 0 aromatic heterocycles. The quantitative estimate of drug-likeness (QED) is 0.610. The van der Waals surface area contributed by atoms with Gasteiger partial charge in [-0.3, -0.25) is 0 Å². The predicted molar refractivity (Wildman–Crippen MR) is 92.3 cm³/mol. The number of nitrogens with zero attached hydrogens (tertiary/aromatic N) is 2. The number of aryl methyl sites for hydroxylation is 1. The van der Waals surface area contributed by atoms with Gasteiger partial charge in [-0.25, -0.2) is 9.38 Å². The van der Waals surface area contributed by atoms with Crippen LogP contribution in [0.4, 0.5) is 21.5 Å². The number of hydrogen-bond acceptors (Lipinski definition) is 2. The lowest BCUT2D eigenvalue weighted by atomic mass is 10.1. The molecular weight excluding hydrogens is 301 g/mol. The van der Waals surface area contributed by atoms with E-state index < -0.39 is 0 Å². The lowest BCUT2D eigenvalue weighted by molar-refractivity contribution is 0.552. The highest BCUT2D eigenvalue weighted by Gasteiger charge is 2.08. The van der Waals surface area contributed by atoms with E-state index >= 15 is 0 Å². The Morgan fingerprint density at radius 2 is 2.00 bits per heavy atom. The maximum absolute atomic E-state index is 14.3. The molecule has 0 bridgehead atoms. The van der Waals surface area contributed by atoms with Crippen LogP contribution < -0.4 is 5.32 Å². The second kappa shape index (κ2) is 7.27. The molecule has 0 fully saturated rings. The first-order valence-electron chi connectivity index (χ1n) is 7.07. The molecule has 0 atom stereocenters. The van der Waals surface area contributed by atoms with Gasteiger partial charge in [0.1, 0.15) is 5.82 Å². The Bertz CT molecular complexity index is 686. The molecule has 0 heterocycles. The number of benzene rings is 2. The summed E-state index contributed by atoms with van der Waals surface area (Å²) in [6, 6.07) is 10.4. The van der Waals surface area contributed by atoms with Gasteiger partial charge in [-0.1, -0.05) is 23.7 Å². The molecule has 3 nitrogen and oxygen atoms in total. The van der Waals surface area contributed by atoms with Crippen LogP contribution in [0.15, 0.2) is 41.4 Å². The lowest BCUT2D eigenvalue weighted by Crippen LogP contribution is -2.14. The van der Waals surface area contributed by atoms with Crippen LogP contribution in [0.25, 0.3) is 0 Å². The summed E-state index contributed by atoms with van der Waals surface area (Å²) in [4.78, 5) is 6.23. The molecule has 1 N–H and O–H groups in total. The Hall–Kier alpha value is -2.07. The molecule has 0 amide bonds. The van der Waals surface area contributed by atoms with Gasteiger partial charge in [0.2, 0.25) is 0 Å². The highest BCUT2D eigenvalue weighted by molar-refractivity contribution is 6.33. The van der Waals surface area contributed by atoms with Crippen LogP contribution in [-0.4, -0.2) is 24.8 Å². The van der Waals surface area contributed by atoms with Gasteiger partial charge >= 0.3 is 0 Å². The molecule has 0 aliphatic heterocycles. The molecule has 116 valence electrons. The molecule has 2 aromatic carbocycles. The molecular formula is C17H19ClFN3. The fraction of sp³-hybridized carbons (Fsp3) is 0.235. The molecule has 5 heteroatoms. The first-order valence-corrected chi connectivity index (χ1v) is 7.45. The maximum Gasteiger partial charge on any atom is 0.148 e. The van der Waals surface area contributed by atoms with Crippen LogP contribution in [0.1, 0.15) is 12.5 Å². The largest absolute Gasteiger partial charge is 0.366 e. The van der Waals surface area contributed by atoms with Gasteiger partial charge in [-0.05, 0) is 37.6 Å². The van der Waals surface area contributed by atoms with E-state index in [4.69, 9.17) is 11.6 Å². The molecule has 0 saturated carbocycles. The summed E-state index contributed by atoms with van der Waals surface area (Å²) >= 11 is 6.08. The van der Waals surface area contributed by atoms with Crippen molar-refractivity contribution in [1.29, 1.82) is 0 Å². The van der Waals surface area contributed by atoms with Crippen LogP contribution in [0, 0.1) is 12.7 Å². The molecule has 0 unspecified atom stereocenters. The van der Waals surface area contributed by atoms with Crippen molar-refractivity contribution in [3.05, 3.63) is 52.8 Å². The third-order valence-electron chi connectivity index (χ3n) is 3.32. The van der Waals surface area contributed by atoms with E-state index in [1.807, 2.05) is 37.9 Å². The number of para-hydroxylation sites is 1. The summed E-state index contributed by atoms with van der Waals surface area (Å²) in [5, 5.41) is 3.56. The summed E-state index contributed by atoms with van der Waals surface area (Å²) in [5.41, 5.74) is 2.55. The first kappa shape index (κ1) is 16.3. The van der Waals surface area contributed by atoms with Crippen molar-refractivity contribution in [1.82, 2.24) is 4.90 Å². The second-order valence-electron chi connectivity index (χ2n) is 5.04. The van der Waals surface area contributed by atoms with E-state index in [2.05, 4.69) is 10.3 Å². The van der Waals surface area contributed by atoms with Gasteiger partial charge < -0.3 is 10.2 Å². The Kier molecular flexibility index (Phi) is 5.39. The molecule has 0 radical (unpaired) electrons. The third kappa shape index (κ3) is 3.98. The van der Waals surface area contributed by atoms with E-state index in [1.54, 1.807) is 24.5 Å². The SMILES string of the molecule is CCN(C)C=Nc1cc(F)c(Nc2ccccc2Cl)cc1C. The minimum absolute atomic E-state index is 0.364. The van der Waals surface area contributed by atoms with E-state index in [9.17, 15) is 4.39 Å². The Morgan fingerprint density at radius 1 is 1.27 bits per heavy atom. The molecule has 0 aliphatic carbocycles. The van der Waals surface area contributed by atoms with Crippen molar-refractivity contribution < 1.29 is 4.39 Å². The number of rotatable bonds is 5. The standard InChI is InChI=1S/C17H19ClFN3/c1-4-22(3)11-20-16-10-14(19)17(9-12(16)2)21-15-8-6-5-7-13(15)18/h5-11,21H,4H2,1-3H3. The lowest BCUT2D eigenvalue weighted by Gasteiger charge is -2.12. The average molecular weight is 320 g/mol. The van der Waals surface area contributed by atoms with Gasteiger partial charge in [0, 0.05) is 19.7 Å². The van der Waals surface area contributed by atoms with Gasteiger partial charge in [-0.15, -0.1) is 0 Å². The number of hydrogen-bond donors (Lipinski definition) is 1. The zero-order chi connectivity index (χ0) is 16.1. The zero-order valence-electron chi connectivity index (χ0n) is 12.9. The summed E-state index contributed by atoms with van der Waals surface area (Å²) in [6.07, 6.45) is 1.70. The zero-order valence-corrected chi connectivity index (χ0v) is 13.7. The summed E-state index contributed by atoms with van der Waals surface area (Å²) in [5.74, 6) is -0.364. The maximum atomic E-state index is 14.3. The van der Waals surface area contributed by atoms with Crippen LogP contribution in [0.5, 0.6) is 0 Å². The van der Waals surface area contributed by atoms with E-state index in [0.717, 1.165) is 12.1 Å². The fourth-order valence-corrected chi connectivity index (χ4v) is 2.04. The minimum atomic E-state index is -0.364. The minimum Gasteiger partial charge on any atom is -0.366 e. The average Bonchev–Trinajstić information content (AvgIpc) is 2.51. The molecule has 2 rings (SSSR count). The third-order valence-corrected chi connectivity index (χ3v) is 3.65. The Labute approximate surface area is 135 Å². The van der Waals surface area contributed by atoms with Crippen LogP contribution in [0.3, 0.4) is 0 Å². The smallest absolute Gasteiger partial charge is 0.148 e. The monoisotopic (exact) mass is 319 g/mol. The number of halogens is 2. The molecule has 22 heavy (non-hydrogen) atoms. The van der Waals surface area contributed by atoms with Gasteiger partial charge in [0.15, 0.2) is 0 Å². The highest BCUT2D eigenvalue weighted by Crippen LogP contribution is 2.30. The highest BCUT2D eigenvalue weighted by atomic mass is 35.5. The van der Waals surface area contributed by atoms with Crippen LogP contribution in [-0.2, 0) is 0 Å². The predicted octanol–water partition coefficient (Wildman–Crippen LogP) is 5.14.